The summed E-state index contributed by atoms with van der Waals surface area (Å²) in [6, 6.07) is 0. The minimum Gasteiger partial charge on any atom is -0.430 e. The van der Waals surface area contributed by atoms with Crippen LogP contribution in [0.15, 0.2) is 11.3 Å². The van der Waals surface area contributed by atoms with Crippen molar-refractivity contribution in [3.8, 4) is 12.3 Å². The maximum Gasteiger partial charge on any atom is 0.319 e. The molecule has 0 aromatic rings. The second-order valence-electron chi connectivity index (χ2n) is 2.26. The fourth-order valence-corrected chi connectivity index (χ4v) is 0.944. The van der Waals surface area contributed by atoms with E-state index in [2.05, 4.69) is 5.92 Å². The highest BCUT2D eigenvalue weighted by Gasteiger charge is 2.28. The first kappa shape index (κ1) is 6.88. The quantitative estimate of drug-likeness (QED) is 0.368. The number of allylic oxidation sites excluding steroid dienone is 1. The van der Waals surface area contributed by atoms with Gasteiger partial charge in [0.2, 0.25) is 0 Å². The molecule has 2 heteroatoms. The van der Waals surface area contributed by atoms with Gasteiger partial charge in [-0.25, -0.2) is 0 Å². The Morgan fingerprint density at radius 2 is 2.30 bits per heavy atom. The molecule has 0 saturated carbocycles. The van der Waals surface area contributed by atoms with Crippen molar-refractivity contribution in [3.63, 3.8) is 0 Å². The van der Waals surface area contributed by atoms with Crippen molar-refractivity contribution in [3.05, 3.63) is 11.3 Å². The Morgan fingerprint density at radius 1 is 1.70 bits per heavy atom. The highest BCUT2D eigenvalue weighted by Crippen LogP contribution is 2.24. The van der Waals surface area contributed by atoms with Crippen LogP contribution < -0.4 is 0 Å². The third-order valence-electron chi connectivity index (χ3n) is 1.58. The van der Waals surface area contributed by atoms with Crippen molar-refractivity contribution in [2.24, 2.45) is 5.92 Å². The van der Waals surface area contributed by atoms with Crippen molar-refractivity contribution in [2.75, 3.05) is 0 Å². The normalized spacial score (nSPS) is 24.5. The van der Waals surface area contributed by atoms with Gasteiger partial charge < -0.3 is 4.74 Å². The highest BCUT2D eigenvalue weighted by molar-refractivity contribution is 5.81. The van der Waals surface area contributed by atoms with Gasteiger partial charge in [0.05, 0.1) is 11.5 Å². The Kier molecular flexibility index (Phi) is 1.50. The van der Waals surface area contributed by atoms with E-state index in [1.54, 1.807) is 13.8 Å². The van der Waals surface area contributed by atoms with Gasteiger partial charge in [0.1, 0.15) is 5.76 Å². The molecule has 0 radical (unpaired) electrons. The van der Waals surface area contributed by atoms with Gasteiger partial charge in [-0.2, -0.15) is 0 Å². The summed E-state index contributed by atoms with van der Waals surface area (Å²) in [5.74, 6) is 2.51. The molecule has 1 rings (SSSR count). The number of esters is 1. The molecule has 1 atom stereocenters. The topological polar surface area (TPSA) is 26.3 Å². The van der Waals surface area contributed by atoms with E-state index < -0.39 is 0 Å². The molecule has 10 heavy (non-hydrogen) atoms. The van der Waals surface area contributed by atoms with E-state index in [-0.39, 0.29) is 11.9 Å². The van der Waals surface area contributed by atoms with Crippen LogP contribution in [0.5, 0.6) is 0 Å². The van der Waals surface area contributed by atoms with E-state index >= 15 is 0 Å². The largest absolute Gasteiger partial charge is 0.430 e. The Hall–Kier alpha value is -1.23. The summed E-state index contributed by atoms with van der Waals surface area (Å²) in [6.07, 6.45) is 5.14. The average Bonchev–Trinajstić information content (AvgIpc) is 2.09. The zero-order chi connectivity index (χ0) is 7.72. The predicted molar refractivity (Wildman–Crippen MR) is 36.8 cm³/mol. The van der Waals surface area contributed by atoms with Crippen LogP contribution >= 0.6 is 0 Å². The van der Waals surface area contributed by atoms with Crippen LogP contribution in [-0.4, -0.2) is 5.97 Å². The minimum atomic E-state index is -0.245. The molecule has 0 amide bonds. The molecule has 1 aliphatic heterocycles. The number of ether oxygens (including phenoxy) is 1. The van der Waals surface area contributed by atoms with Crippen LogP contribution in [0.2, 0.25) is 0 Å². The van der Waals surface area contributed by atoms with Crippen LogP contribution in [0.1, 0.15) is 13.8 Å². The lowest BCUT2D eigenvalue weighted by Gasteiger charge is -1.93. The molecule has 0 aromatic carbocycles. The molecular formula is C8H8O2. The first-order valence-corrected chi connectivity index (χ1v) is 3.06. The molecule has 0 aromatic heterocycles. The van der Waals surface area contributed by atoms with Crippen molar-refractivity contribution < 1.29 is 9.53 Å². The van der Waals surface area contributed by atoms with Crippen molar-refractivity contribution in [1.82, 2.24) is 0 Å². The van der Waals surface area contributed by atoms with Gasteiger partial charge in [0.15, 0.2) is 0 Å². The molecule has 1 unspecified atom stereocenters. The standard InChI is InChI=1S/C8H8O2/c1-4-7-5(2)8(9)10-6(7)3/h1,5H,2-3H3. The molecule has 2 nitrogen and oxygen atoms in total. The second-order valence-corrected chi connectivity index (χ2v) is 2.26. The maximum atomic E-state index is 10.8. The van der Waals surface area contributed by atoms with Gasteiger partial charge in [-0.1, -0.05) is 5.92 Å². The molecule has 0 saturated heterocycles. The second kappa shape index (κ2) is 2.18. The molecule has 0 bridgehead atoms. The van der Waals surface area contributed by atoms with Crippen LogP contribution in [0.3, 0.4) is 0 Å². The lowest BCUT2D eigenvalue weighted by atomic mass is 10.0. The number of carbonyl (C=O) groups is 1. The van der Waals surface area contributed by atoms with Crippen LogP contribution in [0, 0.1) is 18.3 Å². The van der Waals surface area contributed by atoms with Gasteiger partial charge >= 0.3 is 5.97 Å². The molecule has 0 fully saturated rings. The summed E-state index contributed by atoms with van der Waals surface area (Å²) in [5.41, 5.74) is 0.671. The Labute approximate surface area is 59.9 Å². The summed E-state index contributed by atoms with van der Waals surface area (Å²) < 4.78 is 4.78. The highest BCUT2D eigenvalue weighted by atomic mass is 16.5. The smallest absolute Gasteiger partial charge is 0.319 e. The van der Waals surface area contributed by atoms with E-state index in [1.165, 1.54) is 0 Å². The van der Waals surface area contributed by atoms with E-state index in [0.29, 0.717) is 11.3 Å². The Morgan fingerprint density at radius 3 is 2.50 bits per heavy atom. The molecule has 1 aliphatic rings. The zero-order valence-electron chi connectivity index (χ0n) is 5.97. The number of carbonyl (C=O) groups excluding carboxylic acids is 1. The van der Waals surface area contributed by atoms with Crippen LogP contribution in [0.25, 0.3) is 0 Å². The van der Waals surface area contributed by atoms with E-state index in [4.69, 9.17) is 11.2 Å². The van der Waals surface area contributed by atoms with Crippen molar-refractivity contribution >= 4 is 5.97 Å². The fourth-order valence-electron chi connectivity index (χ4n) is 0.944. The minimum absolute atomic E-state index is 0.245. The summed E-state index contributed by atoms with van der Waals surface area (Å²) in [5, 5.41) is 0. The summed E-state index contributed by atoms with van der Waals surface area (Å²) in [4.78, 5) is 10.8. The van der Waals surface area contributed by atoms with E-state index in [1.807, 2.05) is 0 Å². The monoisotopic (exact) mass is 136 g/mol. The molecule has 52 valence electrons. The molecule has 0 spiro atoms. The summed E-state index contributed by atoms with van der Waals surface area (Å²) >= 11 is 0. The third kappa shape index (κ3) is 0.801. The van der Waals surface area contributed by atoms with Gasteiger partial charge in [0.25, 0.3) is 0 Å². The summed E-state index contributed by atoms with van der Waals surface area (Å²) in [6.45, 7) is 3.45. The van der Waals surface area contributed by atoms with Crippen molar-refractivity contribution in [2.45, 2.75) is 13.8 Å². The Bertz CT molecular complexity index is 242. The van der Waals surface area contributed by atoms with Crippen LogP contribution in [-0.2, 0) is 9.53 Å². The SMILES string of the molecule is C#CC1=C(C)OC(=O)C1C. The van der Waals surface area contributed by atoms with Gasteiger partial charge in [-0.15, -0.1) is 6.42 Å². The number of hydrogen-bond donors (Lipinski definition) is 0. The number of terminal acetylenes is 1. The number of cyclic esters (lactones) is 1. The molecular weight excluding hydrogens is 128 g/mol. The van der Waals surface area contributed by atoms with Gasteiger partial charge in [0, 0.05) is 0 Å². The fraction of sp³-hybridized carbons (Fsp3) is 0.375. The lowest BCUT2D eigenvalue weighted by Crippen LogP contribution is -2.05. The first-order valence-electron chi connectivity index (χ1n) is 3.06. The molecule has 0 N–H and O–H groups in total. The number of hydrogen-bond acceptors (Lipinski definition) is 2. The molecule has 0 aliphatic carbocycles. The zero-order valence-corrected chi connectivity index (χ0v) is 5.97. The lowest BCUT2D eigenvalue weighted by molar-refractivity contribution is -0.139. The number of rotatable bonds is 0. The van der Waals surface area contributed by atoms with E-state index in [9.17, 15) is 4.79 Å². The van der Waals surface area contributed by atoms with Crippen LogP contribution in [0.4, 0.5) is 0 Å². The first-order chi connectivity index (χ1) is 4.66. The van der Waals surface area contributed by atoms with E-state index in [0.717, 1.165) is 0 Å². The van der Waals surface area contributed by atoms with Crippen molar-refractivity contribution in [1.29, 1.82) is 0 Å². The summed E-state index contributed by atoms with van der Waals surface area (Å²) in [7, 11) is 0. The average molecular weight is 136 g/mol. The maximum absolute atomic E-state index is 10.8. The third-order valence-corrected chi connectivity index (χ3v) is 1.58. The van der Waals surface area contributed by atoms with Gasteiger partial charge in [-0.3, -0.25) is 4.79 Å². The molecule has 1 heterocycles. The van der Waals surface area contributed by atoms with Gasteiger partial charge in [-0.05, 0) is 13.8 Å². The predicted octanol–water partition coefficient (Wildman–Crippen LogP) is 1.09. The Balaban J connectivity index is 2.98.